The van der Waals surface area contributed by atoms with Gasteiger partial charge in [0.25, 0.3) is 0 Å². The Hall–Kier alpha value is -0.650. The summed E-state index contributed by atoms with van der Waals surface area (Å²) in [5.74, 6) is -1.19. The molecule has 0 spiro atoms. The number of aliphatic hydroxyl groups excluding tert-OH is 3. The maximum absolute atomic E-state index is 9.45. The van der Waals surface area contributed by atoms with Crippen molar-refractivity contribution in [2.24, 2.45) is 0 Å². The molecule has 0 rings (SSSR count). The van der Waals surface area contributed by atoms with Gasteiger partial charge >= 0.3 is 5.97 Å². The topological polar surface area (TPSA) is 98.0 Å². The molecule has 0 heterocycles. The summed E-state index contributed by atoms with van der Waals surface area (Å²) in [5, 5.41) is 32.8. The number of hydrogen-bond acceptors (Lipinski definition) is 4. The Bertz CT molecular complexity index is 161. The Kier molecular flexibility index (Phi) is 17.9. The molecule has 0 aromatic heterocycles. The normalized spacial score (nSPS) is 11.6. The maximum Gasteiger partial charge on any atom is 0.332 e. The second-order valence-electron chi connectivity index (χ2n) is 4.29. The van der Waals surface area contributed by atoms with Crippen LogP contribution in [0.4, 0.5) is 0 Å². The Morgan fingerprint density at radius 2 is 1.06 bits per heavy atom. The van der Waals surface area contributed by atoms with Gasteiger partial charge in [0.15, 0.2) is 0 Å². The fraction of sp³-hybridized carbons (Fsp3) is 0.923. The molecule has 0 aromatic carbocycles. The lowest BCUT2D eigenvalue weighted by molar-refractivity contribution is -0.145. The monoisotopic (exact) mass is 264 g/mol. The summed E-state index contributed by atoms with van der Waals surface area (Å²) < 4.78 is 0. The molecule has 110 valence electrons. The van der Waals surface area contributed by atoms with Crippen LogP contribution in [0.5, 0.6) is 0 Å². The van der Waals surface area contributed by atoms with Crippen molar-refractivity contribution in [1.29, 1.82) is 0 Å². The summed E-state index contributed by atoms with van der Waals surface area (Å²) in [5.41, 5.74) is 0. The second kappa shape index (κ2) is 16.4. The third-order valence-electron chi connectivity index (χ3n) is 2.42. The van der Waals surface area contributed by atoms with Crippen molar-refractivity contribution in [1.82, 2.24) is 0 Å². The van der Waals surface area contributed by atoms with Gasteiger partial charge in [0.2, 0.25) is 0 Å². The zero-order valence-electron chi connectivity index (χ0n) is 11.3. The highest BCUT2D eigenvalue weighted by atomic mass is 16.4. The average Bonchev–Trinajstić information content (AvgIpc) is 2.33. The standard InChI is InChI=1S/C10H22O2.C3H6O3/c11-9-7-5-3-1-2-4-6-8-10-12;1-2(4)3(5)6/h11-12H,1-10H2;2,4H,1H3,(H,5,6). The average molecular weight is 264 g/mol. The molecule has 1 unspecified atom stereocenters. The van der Waals surface area contributed by atoms with Crippen LogP contribution in [0.2, 0.25) is 0 Å². The molecule has 0 fully saturated rings. The third kappa shape index (κ3) is 20.7. The highest BCUT2D eigenvalue weighted by Crippen LogP contribution is 2.07. The lowest BCUT2D eigenvalue weighted by Crippen LogP contribution is -2.13. The largest absolute Gasteiger partial charge is 0.479 e. The minimum atomic E-state index is -1.23. The minimum absolute atomic E-state index is 0.338. The molecule has 18 heavy (non-hydrogen) atoms. The van der Waals surface area contributed by atoms with Crippen LogP contribution in [0.15, 0.2) is 0 Å². The summed E-state index contributed by atoms with van der Waals surface area (Å²) >= 11 is 0. The van der Waals surface area contributed by atoms with E-state index in [0.717, 1.165) is 25.7 Å². The van der Waals surface area contributed by atoms with Crippen molar-refractivity contribution in [2.45, 2.75) is 64.4 Å². The lowest BCUT2D eigenvalue weighted by atomic mass is 10.1. The van der Waals surface area contributed by atoms with Gasteiger partial charge in [-0.1, -0.05) is 38.5 Å². The summed E-state index contributed by atoms with van der Waals surface area (Å²) in [6, 6.07) is 0. The molecular weight excluding hydrogens is 236 g/mol. The molecule has 4 N–H and O–H groups in total. The van der Waals surface area contributed by atoms with Crippen molar-refractivity contribution in [3.8, 4) is 0 Å². The molecule has 0 aliphatic heterocycles. The van der Waals surface area contributed by atoms with Gasteiger partial charge in [0, 0.05) is 13.2 Å². The van der Waals surface area contributed by atoms with Crippen molar-refractivity contribution >= 4 is 5.97 Å². The van der Waals surface area contributed by atoms with E-state index in [1.165, 1.54) is 32.6 Å². The number of carboxylic acid groups (broad SMARTS) is 1. The Morgan fingerprint density at radius 1 is 0.833 bits per heavy atom. The van der Waals surface area contributed by atoms with Crippen LogP contribution in [0.25, 0.3) is 0 Å². The SMILES string of the molecule is CC(O)C(=O)O.OCCCCCCCCCCO. The number of rotatable bonds is 10. The molecule has 0 bridgehead atoms. The number of carbonyl (C=O) groups is 1. The third-order valence-corrected chi connectivity index (χ3v) is 2.42. The number of aliphatic carboxylic acids is 1. The molecule has 0 aliphatic rings. The van der Waals surface area contributed by atoms with Gasteiger partial charge in [-0.2, -0.15) is 0 Å². The quantitative estimate of drug-likeness (QED) is 0.449. The summed E-state index contributed by atoms with van der Waals surface area (Å²) in [4.78, 5) is 9.45. The van der Waals surface area contributed by atoms with Gasteiger partial charge in [0.05, 0.1) is 0 Å². The van der Waals surface area contributed by atoms with Gasteiger partial charge in [0.1, 0.15) is 6.10 Å². The molecule has 1 atom stereocenters. The van der Waals surface area contributed by atoms with Crippen molar-refractivity contribution in [2.75, 3.05) is 13.2 Å². The first-order chi connectivity index (χ1) is 8.56. The first kappa shape index (κ1) is 19.7. The Labute approximate surface area is 109 Å². The first-order valence-corrected chi connectivity index (χ1v) is 6.68. The molecular formula is C13H28O5. The van der Waals surface area contributed by atoms with Crippen LogP contribution < -0.4 is 0 Å². The fourth-order valence-electron chi connectivity index (χ4n) is 1.28. The van der Waals surface area contributed by atoms with E-state index in [9.17, 15) is 4.79 Å². The minimum Gasteiger partial charge on any atom is -0.479 e. The molecule has 0 aromatic rings. The van der Waals surface area contributed by atoms with E-state index in [0.29, 0.717) is 13.2 Å². The number of aliphatic hydroxyl groups is 3. The maximum atomic E-state index is 9.45. The van der Waals surface area contributed by atoms with Crippen LogP contribution in [0.3, 0.4) is 0 Å². The van der Waals surface area contributed by atoms with Crippen molar-refractivity contribution < 1.29 is 25.2 Å². The zero-order valence-corrected chi connectivity index (χ0v) is 11.3. The highest BCUT2D eigenvalue weighted by Gasteiger charge is 2.01. The second-order valence-corrected chi connectivity index (χ2v) is 4.29. The fourth-order valence-corrected chi connectivity index (χ4v) is 1.28. The van der Waals surface area contributed by atoms with E-state index in [4.69, 9.17) is 20.4 Å². The van der Waals surface area contributed by atoms with E-state index in [2.05, 4.69) is 0 Å². The molecule has 0 radical (unpaired) electrons. The molecule has 0 aliphatic carbocycles. The smallest absolute Gasteiger partial charge is 0.332 e. The number of carboxylic acids is 1. The zero-order chi connectivity index (χ0) is 14.2. The summed E-state index contributed by atoms with van der Waals surface area (Å²) in [6.07, 6.45) is 8.07. The predicted octanol–water partition coefficient (Wildman–Crippen LogP) is 1.54. The van der Waals surface area contributed by atoms with Gasteiger partial charge in [-0.3, -0.25) is 0 Å². The first-order valence-electron chi connectivity index (χ1n) is 6.68. The molecule has 0 amide bonds. The van der Waals surface area contributed by atoms with E-state index in [1.807, 2.05) is 0 Å². The highest BCUT2D eigenvalue weighted by molar-refractivity contribution is 5.71. The van der Waals surface area contributed by atoms with Crippen LogP contribution >= 0.6 is 0 Å². The molecule has 0 saturated heterocycles. The van der Waals surface area contributed by atoms with Crippen LogP contribution in [0, 0.1) is 0 Å². The van der Waals surface area contributed by atoms with Gasteiger partial charge in [-0.05, 0) is 19.8 Å². The van der Waals surface area contributed by atoms with E-state index in [1.54, 1.807) is 0 Å². The van der Waals surface area contributed by atoms with Crippen molar-refractivity contribution in [3.63, 3.8) is 0 Å². The van der Waals surface area contributed by atoms with Crippen LogP contribution in [0.1, 0.15) is 58.3 Å². The van der Waals surface area contributed by atoms with Gasteiger partial charge in [-0.15, -0.1) is 0 Å². The van der Waals surface area contributed by atoms with Gasteiger partial charge in [-0.25, -0.2) is 4.79 Å². The molecule has 0 saturated carbocycles. The lowest BCUT2D eigenvalue weighted by Gasteiger charge is -1.99. The van der Waals surface area contributed by atoms with E-state index < -0.39 is 12.1 Å². The number of hydrogen-bond donors (Lipinski definition) is 4. The summed E-state index contributed by atoms with van der Waals surface area (Å²) in [6.45, 7) is 1.87. The Balaban J connectivity index is 0. The van der Waals surface area contributed by atoms with Crippen molar-refractivity contribution in [3.05, 3.63) is 0 Å². The van der Waals surface area contributed by atoms with Crippen LogP contribution in [-0.4, -0.2) is 45.7 Å². The summed E-state index contributed by atoms with van der Waals surface area (Å²) in [7, 11) is 0. The van der Waals surface area contributed by atoms with Gasteiger partial charge < -0.3 is 20.4 Å². The molecule has 5 nitrogen and oxygen atoms in total. The predicted molar refractivity (Wildman–Crippen MR) is 70.4 cm³/mol. The van der Waals surface area contributed by atoms with E-state index in [-0.39, 0.29) is 0 Å². The van der Waals surface area contributed by atoms with E-state index >= 15 is 0 Å². The van der Waals surface area contributed by atoms with Crippen LogP contribution in [-0.2, 0) is 4.79 Å². The number of unbranched alkanes of at least 4 members (excludes halogenated alkanes) is 7. The Morgan fingerprint density at radius 3 is 1.22 bits per heavy atom. The molecule has 5 heteroatoms.